The quantitative estimate of drug-likeness (QED) is 0.366. The molecule has 1 atom stereocenters. The van der Waals surface area contributed by atoms with Crippen molar-refractivity contribution in [1.29, 1.82) is 0 Å². The highest BCUT2D eigenvalue weighted by Gasteiger charge is 2.48. The maximum atomic E-state index is 12.9. The van der Waals surface area contributed by atoms with E-state index in [1.165, 1.54) is 0 Å². The Balaban J connectivity index is 1.35. The summed E-state index contributed by atoms with van der Waals surface area (Å²) < 4.78 is 7.20. The summed E-state index contributed by atoms with van der Waals surface area (Å²) in [5.74, 6) is 0.108. The van der Waals surface area contributed by atoms with Crippen molar-refractivity contribution in [2.24, 2.45) is 0 Å². The number of thioether (sulfide) groups is 1. The number of imide groups is 1. The van der Waals surface area contributed by atoms with Gasteiger partial charge in [0.05, 0.1) is 12.0 Å². The Labute approximate surface area is 194 Å². The van der Waals surface area contributed by atoms with Crippen LogP contribution in [0.5, 0.6) is 0 Å². The Bertz CT molecular complexity index is 1150. The lowest BCUT2D eigenvalue weighted by atomic mass is 9.93. The molecule has 4 rings (SSSR count). The van der Waals surface area contributed by atoms with E-state index in [9.17, 15) is 14.4 Å². The Kier molecular flexibility index (Phi) is 6.50. The third kappa shape index (κ3) is 4.77. The first-order chi connectivity index (χ1) is 15.9. The van der Waals surface area contributed by atoms with E-state index in [4.69, 9.17) is 4.42 Å². The second-order valence-corrected chi connectivity index (χ2v) is 8.68. The number of aromatic nitrogens is 3. The van der Waals surface area contributed by atoms with Gasteiger partial charge in [-0.05, 0) is 44.4 Å². The van der Waals surface area contributed by atoms with E-state index in [-0.39, 0.29) is 5.75 Å². The van der Waals surface area contributed by atoms with Crippen molar-refractivity contribution in [3.8, 4) is 11.6 Å². The van der Waals surface area contributed by atoms with Crippen molar-refractivity contribution in [1.82, 2.24) is 30.5 Å². The average Bonchev–Trinajstić information content (AvgIpc) is 3.53. The molecule has 2 aromatic heterocycles. The van der Waals surface area contributed by atoms with Gasteiger partial charge >= 0.3 is 6.03 Å². The molecule has 3 heterocycles. The molecular formula is C22H24N6O4S. The van der Waals surface area contributed by atoms with Gasteiger partial charge in [0.25, 0.3) is 5.91 Å². The number of hydrazine groups is 1. The van der Waals surface area contributed by atoms with E-state index >= 15 is 0 Å². The molecule has 0 spiro atoms. The van der Waals surface area contributed by atoms with Crippen LogP contribution in [-0.2, 0) is 22.6 Å². The van der Waals surface area contributed by atoms with Crippen molar-refractivity contribution in [2.45, 2.75) is 43.9 Å². The SMILES string of the molecule is CCn1c(SCC(=O)NN2C(=O)N[C@@](C)(CCc3ccccc3)C2=O)nnc1-c1ccco1. The summed E-state index contributed by atoms with van der Waals surface area (Å²) in [4.78, 5) is 37.8. The van der Waals surface area contributed by atoms with E-state index in [0.717, 1.165) is 22.3 Å². The molecule has 1 aliphatic rings. The van der Waals surface area contributed by atoms with Crippen molar-refractivity contribution in [3.63, 3.8) is 0 Å². The van der Waals surface area contributed by atoms with Crippen LogP contribution in [0.3, 0.4) is 0 Å². The lowest BCUT2D eigenvalue weighted by molar-refractivity contribution is -0.138. The second-order valence-electron chi connectivity index (χ2n) is 7.74. The minimum Gasteiger partial charge on any atom is -0.461 e. The van der Waals surface area contributed by atoms with E-state index in [2.05, 4.69) is 20.9 Å². The molecule has 1 fully saturated rings. The molecule has 1 aliphatic heterocycles. The Morgan fingerprint density at radius 1 is 1.18 bits per heavy atom. The lowest BCUT2D eigenvalue weighted by Crippen LogP contribution is -2.49. The number of hydrogen-bond donors (Lipinski definition) is 2. The van der Waals surface area contributed by atoms with Gasteiger partial charge in [0.15, 0.2) is 16.7 Å². The number of nitrogens with one attached hydrogen (secondary N) is 2. The molecule has 0 unspecified atom stereocenters. The Morgan fingerprint density at radius 3 is 2.67 bits per heavy atom. The highest BCUT2D eigenvalue weighted by atomic mass is 32.2. The van der Waals surface area contributed by atoms with Crippen LogP contribution in [0.2, 0.25) is 0 Å². The maximum absolute atomic E-state index is 12.9. The molecule has 0 bridgehead atoms. The fraction of sp³-hybridized carbons (Fsp3) is 0.318. The van der Waals surface area contributed by atoms with Gasteiger partial charge < -0.3 is 9.73 Å². The standard InChI is InChI=1S/C22H24N6O4S/c1-3-27-18(16-10-7-13-32-16)24-25-21(27)33-14-17(29)26-28-19(30)22(2,23-20(28)31)12-11-15-8-5-4-6-9-15/h4-10,13H,3,11-12,14H2,1-2H3,(H,23,31)(H,26,29)/t22-/m0/s1. The summed E-state index contributed by atoms with van der Waals surface area (Å²) in [5.41, 5.74) is 2.38. The summed E-state index contributed by atoms with van der Waals surface area (Å²) in [7, 11) is 0. The molecule has 1 saturated heterocycles. The monoisotopic (exact) mass is 468 g/mol. The van der Waals surface area contributed by atoms with Crippen molar-refractivity contribution < 1.29 is 18.8 Å². The van der Waals surface area contributed by atoms with Crippen molar-refractivity contribution in [3.05, 3.63) is 54.3 Å². The van der Waals surface area contributed by atoms with Crippen LogP contribution in [0.15, 0.2) is 58.3 Å². The van der Waals surface area contributed by atoms with Gasteiger partial charge in [-0.25, -0.2) is 4.79 Å². The lowest BCUT2D eigenvalue weighted by Gasteiger charge is -2.21. The largest absolute Gasteiger partial charge is 0.461 e. The number of furan rings is 1. The molecule has 0 aliphatic carbocycles. The van der Waals surface area contributed by atoms with Gasteiger partial charge in [-0.15, -0.1) is 10.2 Å². The van der Waals surface area contributed by atoms with Crippen molar-refractivity contribution in [2.75, 3.05) is 5.75 Å². The van der Waals surface area contributed by atoms with Gasteiger partial charge in [-0.3, -0.25) is 19.6 Å². The van der Waals surface area contributed by atoms with E-state index in [1.807, 2.05) is 41.8 Å². The van der Waals surface area contributed by atoms with Gasteiger partial charge in [-0.2, -0.15) is 5.01 Å². The molecule has 172 valence electrons. The molecule has 11 heteroatoms. The van der Waals surface area contributed by atoms with Crippen LogP contribution in [0.1, 0.15) is 25.8 Å². The number of urea groups is 1. The second kappa shape index (κ2) is 9.49. The number of amides is 4. The molecule has 3 aromatic rings. The molecular weight excluding hydrogens is 444 g/mol. The summed E-state index contributed by atoms with van der Waals surface area (Å²) in [5, 5.41) is 12.3. The molecule has 2 N–H and O–H groups in total. The topological polar surface area (TPSA) is 122 Å². The number of rotatable bonds is 9. The summed E-state index contributed by atoms with van der Waals surface area (Å²) in [6.45, 7) is 4.18. The third-order valence-corrected chi connectivity index (χ3v) is 6.33. The van der Waals surface area contributed by atoms with E-state index in [0.29, 0.717) is 36.1 Å². The third-order valence-electron chi connectivity index (χ3n) is 5.36. The van der Waals surface area contributed by atoms with Gasteiger partial charge in [0.2, 0.25) is 5.91 Å². The highest BCUT2D eigenvalue weighted by Crippen LogP contribution is 2.25. The fourth-order valence-electron chi connectivity index (χ4n) is 3.55. The minimum atomic E-state index is -1.09. The molecule has 4 amide bonds. The number of carbonyl (C=O) groups is 3. The van der Waals surface area contributed by atoms with E-state index in [1.54, 1.807) is 25.3 Å². The molecule has 1 aromatic carbocycles. The van der Waals surface area contributed by atoms with Gasteiger partial charge in [0.1, 0.15) is 5.54 Å². The summed E-state index contributed by atoms with van der Waals surface area (Å²) in [6, 6.07) is 12.6. The number of benzene rings is 1. The molecule has 0 radical (unpaired) electrons. The number of nitrogens with zero attached hydrogens (tertiary/aromatic N) is 4. The highest BCUT2D eigenvalue weighted by molar-refractivity contribution is 7.99. The van der Waals surface area contributed by atoms with Crippen LogP contribution < -0.4 is 10.7 Å². The number of hydrogen-bond acceptors (Lipinski definition) is 7. The van der Waals surface area contributed by atoms with Crippen LogP contribution in [0.4, 0.5) is 4.79 Å². The van der Waals surface area contributed by atoms with Gasteiger partial charge in [0, 0.05) is 6.54 Å². The Hall–Kier alpha value is -3.60. The number of aryl methyl sites for hydroxylation is 1. The first kappa shape index (κ1) is 22.6. The Morgan fingerprint density at radius 2 is 1.97 bits per heavy atom. The smallest absolute Gasteiger partial charge is 0.344 e. The minimum absolute atomic E-state index is 0.0475. The summed E-state index contributed by atoms with van der Waals surface area (Å²) in [6.07, 6.45) is 2.58. The first-order valence-corrected chi connectivity index (χ1v) is 11.5. The number of carbonyl (C=O) groups excluding carboxylic acids is 3. The molecule has 33 heavy (non-hydrogen) atoms. The zero-order valence-corrected chi connectivity index (χ0v) is 19.1. The summed E-state index contributed by atoms with van der Waals surface area (Å²) >= 11 is 1.16. The predicted octanol–water partition coefficient (Wildman–Crippen LogP) is 2.62. The zero-order chi connectivity index (χ0) is 23.4. The van der Waals surface area contributed by atoms with Gasteiger partial charge in [-0.1, -0.05) is 42.1 Å². The van der Waals surface area contributed by atoms with Crippen molar-refractivity contribution >= 4 is 29.6 Å². The molecule has 10 nitrogen and oxygen atoms in total. The van der Waals surface area contributed by atoms with Crippen LogP contribution in [-0.4, -0.2) is 48.9 Å². The normalized spacial score (nSPS) is 17.9. The zero-order valence-electron chi connectivity index (χ0n) is 18.3. The average molecular weight is 469 g/mol. The fourth-order valence-corrected chi connectivity index (χ4v) is 4.34. The first-order valence-electron chi connectivity index (χ1n) is 10.5. The van der Waals surface area contributed by atoms with E-state index < -0.39 is 23.4 Å². The maximum Gasteiger partial charge on any atom is 0.344 e. The van der Waals surface area contributed by atoms with Crippen LogP contribution in [0.25, 0.3) is 11.6 Å². The van der Waals surface area contributed by atoms with Crippen LogP contribution >= 0.6 is 11.8 Å². The molecule has 0 saturated carbocycles. The predicted molar refractivity (Wildman–Crippen MR) is 121 cm³/mol. The van der Waals surface area contributed by atoms with Crippen LogP contribution in [0, 0.1) is 0 Å².